The summed E-state index contributed by atoms with van der Waals surface area (Å²) >= 11 is 0. The molecule has 196 valence electrons. The number of hydrogen-bond acceptors (Lipinski definition) is 6. The largest absolute Gasteiger partial charge is 0.507 e. The third-order valence-electron chi connectivity index (χ3n) is 5.64. The van der Waals surface area contributed by atoms with Crippen LogP contribution in [0.5, 0.6) is 11.5 Å². The Morgan fingerprint density at radius 1 is 0.895 bits per heavy atom. The molecule has 0 aliphatic rings. The number of halogens is 1. The van der Waals surface area contributed by atoms with Gasteiger partial charge in [-0.25, -0.2) is 12.8 Å². The Kier molecular flexibility index (Phi) is 8.12. The fourth-order valence-electron chi connectivity index (χ4n) is 3.80. The molecule has 4 aromatic carbocycles. The van der Waals surface area contributed by atoms with Gasteiger partial charge in [0, 0.05) is 24.3 Å². The summed E-state index contributed by atoms with van der Waals surface area (Å²) in [5.41, 5.74) is 1.76. The van der Waals surface area contributed by atoms with E-state index in [-0.39, 0.29) is 34.1 Å². The van der Waals surface area contributed by atoms with Crippen molar-refractivity contribution < 1.29 is 27.4 Å². The van der Waals surface area contributed by atoms with Crippen molar-refractivity contribution >= 4 is 27.3 Å². The Morgan fingerprint density at radius 2 is 1.63 bits per heavy atom. The zero-order valence-electron chi connectivity index (χ0n) is 20.4. The Balaban J connectivity index is 1.44. The van der Waals surface area contributed by atoms with Gasteiger partial charge in [0.05, 0.1) is 18.4 Å². The quantitative estimate of drug-likeness (QED) is 0.216. The standard InChI is InChI=1S/C28H26FN3O5S/c1-37-26-14-13-19(22-9-2-4-11-24(22)29)17-27(26)38(35,36)32-21-8-6-7-20(18-21)30-15-16-31-28(34)23-10-3-5-12-25(23)33/h2-14,17-18,30,32-33H,15-16H2,1H3,(H,31,34). The first-order valence-corrected chi connectivity index (χ1v) is 13.1. The second-order valence-corrected chi connectivity index (χ2v) is 9.88. The van der Waals surface area contributed by atoms with Crippen LogP contribution in [0.3, 0.4) is 0 Å². The summed E-state index contributed by atoms with van der Waals surface area (Å²) in [6, 6.07) is 23.4. The number of para-hydroxylation sites is 1. The molecular weight excluding hydrogens is 509 g/mol. The molecule has 0 fully saturated rings. The topological polar surface area (TPSA) is 117 Å². The van der Waals surface area contributed by atoms with Gasteiger partial charge in [0.15, 0.2) is 0 Å². The van der Waals surface area contributed by atoms with Gasteiger partial charge in [0.25, 0.3) is 15.9 Å². The second kappa shape index (κ2) is 11.7. The summed E-state index contributed by atoms with van der Waals surface area (Å²) < 4.78 is 48.7. The number of aromatic hydroxyl groups is 1. The van der Waals surface area contributed by atoms with Crippen molar-refractivity contribution in [2.75, 3.05) is 30.2 Å². The van der Waals surface area contributed by atoms with Gasteiger partial charge in [-0.3, -0.25) is 9.52 Å². The van der Waals surface area contributed by atoms with Crippen LogP contribution in [-0.4, -0.2) is 39.6 Å². The van der Waals surface area contributed by atoms with Crippen molar-refractivity contribution in [3.05, 3.63) is 102 Å². The molecule has 1 amide bonds. The Bertz CT molecular complexity index is 1560. The normalized spacial score (nSPS) is 11.0. The first kappa shape index (κ1) is 26.5. The van der Waals surface area contributed by atoms with E-state index in [0.717, 1.165) is 0 Å². The molecule has 0 saturated heterocycles. The van der Waals surface area contributed by atoms with Gasteiger partial charge in [-0.05, 0) is 54.1 Å². The minimum Gasteiger partial charge on any atom is -0.507 e. The van der Waals surface area contributed by atoms with E-state index >= 15 is 0 Å². The lowest BCUT2D eigenvalue weighted by Gasteiger charge is -2.15. The number of sulfonamides is 1. The highest BCUT2D eigenvalue weighted by Gasteiger charge is 2.21. The molecule has 0 aromatic heterocycles. The molecule has 8 nitrogen and oxygen atoms in total. The monoisotopic (exact) mass is 535 g/mol. The van der Waals surface area contributed by atoms with E-state index in [4.69, 9.17) is 4.74 Å². The van der Waals surface area contributed by atoms with Gasteiger partial charge < -0.3 is 20.5 Å². The van der Waals surface area contributed by atoms with E-state index in [1.807, 2.05) is 0 Å². The minimum atomic E-state index is -4.09. The molecule has 0 aliphatic carbocycles. The molecule has 0 atom stereocenters. The predicted molar refractivity (Wildman–Crippen MR) is 145 cm³/mol. The number of anilines is 2. The highest BCUT2D eigenvalue weighted by molar-refractivity contribution is 7.92. The molecule has 0 heterocycles. The first-order valence-electron chi connectivity index (χ1n) is 11.6. The molecular formula is C28H26FN3O5S. The summed E-state index contributed by atoms with van der Waals surface area (Å²) in [5, 5.41) is 15.6. The van der Waals surface area contributed by atoms with Crippen LogP contribution in [0.25, 0.3) is 11.1 Å². The molecule has 0 radical (unpaired) electrons. The number of carbonyl (C=O) groups is 1. The van der Waals surface area contributed by atoms with E-state index in [2.05, 4.69) is 15.4 Å². The van der Waals surface area contributed by atoms with Crippen LogP contribution in [0.15, 0.2) is 95.9 Å². The number of rotatable bonds is 10. The minimum absolute atomic E-state index is 0.103. The maximum Gasteiger partial charge on any atom is 0.265 e. The smallest absolute Gasteiger partial charge is 0.265 e. The van der Waals surface area contributed by atoms with Crippen LogP contribution in [0.1, 0.15) is 10.4 Å². The third kappa shape index (κ3) is 6.22. The predicted octanol–water partition coefficient (Wildman–Crippen LogP) is 4.85. The number of hydrogen-bond donors (Lipinski definition) is 4. The number of ether oxygens (including phenoxy) is 1. The van der Waals surface area contributed by atoms with Crippen LogP contribution in [0.2, 0.25) is 0 Å². The van der Waals surface area contributed by atoms with Gasteiger partial charge in [0.2, 0.25) is 0 Å². The zero-order chi connectivity index (χ0) is 27.1. The van der Waals surface area contributed by atoms with Crippen molar-refractivity contribution in [2.45, 2.75) is 4.90 Å². The zero-order valence-corrected chi connectivity index (χ0v) is 21.3. The molecule has 38 heavy (non-hydrogen) atoms. The lowest BCUT2D eigenvalue weighted by atomic mass is 10.1. The number of phenolic OH excluding ortho intramolecular Hbond substituents is 1. The molecule has 0 unspecified atom stereocenters. The fraction of sp³-hybridized carbons (Fsp3) is 0.107. The molecule has 0 bridgehead atoms. The Morgan fingerprint density at radius 3 is 2.39 bits per heavy atom. The number of phenols is 1. The number of amides is 1. The summed E-state index contributed by atoms with van der Waals surface area (Å²) in [5.74, 6) is -0.858. The second-order valence-electron chi connectivity index (χ2n) is 8.23. The fourth-order valence-corrected chi connectivity index (χ4v) is 5.04. The van der Waals surface area contributed by atoms with Crippen molar-refractivity contribution in [3.63, 3.8) is 0 Å². The summed E-state index contributed by atoms with van der Waals surface area (Å²) in [6.45, 7) is 0.622. The molecule has 0 aliphatic heterocycles. The Hall–Kier alpha value is -4.57. The average molecular weight is 536 g/mol. The van der Waals surface area contributed by atoms with Crippen molar-refractivity contribution in [1.82, 2.24) is 5.32 Å². The molecule has 4 rings (SSSR count). The van der Waals surface area contributed by atoms with Gasteiger partial charge in [0.1, 0.15) is 22.2 Å². The van der Waals surface area contributed by atoms with Crippen LogP contribution in [0, 0.1) is 5.82 Å². The van der Waals surface area contributed by atoms with Gasteiger partial charge >= 0.3 is 0 Å². The van der Waals surface area contributed by atoms with E-state index < -0.39 is 21.7 Å². The van der Waals surface area contributed by atoms with E-state index in [1.54, 1.807) is 60.7 Å². The van der Waals surface area contributed by atoms with E-state index in [9.17, 15) is 22.7 Å². The first-order chi connectivity index (χ1) is 18.3. The van der Waals surface area contributed by atoms with Gasteiger partial charge in [-0.2, -0.15) is 0 Å². The maximum absolute atomic E-state index is 14.3. The third-order valence-corrected chi connectivity index (χ3v) is 7.04. The van der Waals surface area contributed by atoms with Crippen molar-refractivity contribution in [1.29, 1.82) is 0 Å². The summed E-state index contributed by atoms with van der Waals surface area (Å²) in [7, 11) is -2.73. The van der Waals surface area contributed by atoms with Crippen LogP contribution < -0.4 is 20.1 Å². The lowest BCUT2D eigenvalue weighted by Crippen LogP contribution is -2.28. The molecule has 4 N–H and O–H groups in total. The molecule has 0 spiro atoms. The van der Waals surface area contributed by atoms with Crippen molar-refractivity contribution in [3.8, 4) is 22.6 Å². The average Bonchev–Trinajstić information content (AvgIpc) is 2.91. The summed E-state index contributed by atoms with van der Waals surface area (Å²) in [6.07, 6.45) is 0. The van der Waals surface area contributed by atoms with Crippen LogP contribution in [-0.2, 0) is 10.0 Å². The highest BCUT2D eigenvalue weighted by Crippen LogP contribution is 2.32. The number of methoxy groups -OCH3 is 1. The van der Waals surface area contributed by atoms with Crippen LogP contribution in [0.4, 0.5) is 15.8 Å². The Labute approximate surface area is 220 Å². The lowest BCUT2D eigenvalue weighted by molar-refractivity contribution is 0.0952. The SMILES string of the molecule is COc1ccc(-c2ccccc2F)cc1S(=O)(=O)Nc1cccc(NCCNC(=O)c2ccccc2O)c1. The molecule has 4 aromatic rings. The molecule has 10 heteroatoms. The number of benzene rings is 4. The molecule has 0 saturated carbocycles. The van der Waals surface area contributed by atoms with Gasteiger partial charge in [-0.15, -0.1) is 0 Å². The van der Waals surface area contributed by atoms with Gasteiger partial charge in [-0.1, -0.05) is 42.5 Å². The maximum atomic E-state index is 14.3. The van der Waals surface area contributed by atoms with E-state index in [1.165, 1.54) is 37.4 Å². The van der Waals surface area contributed by atoms with E-state index in [0.29, 0.717) is 23.5 Å². The number of carbonyl (C=O) groups excluding carboxylic acids is 1. The summed E-state index contributed by atoms with van der Waals surface area (Å²) in [4.78, 5) is 12.1. The van der Waals surface area contributed by atoms with Crippen molar-refractivity contribution in [2.24, 2.45) is 0 Å². The van der Waals surface area contributed by atoms with Crippen LogP contribution >= 0.6 is 0 Å². The number of nitrogens with one attached hydrogen (secondary N) is 3. The highest BCUT2D eigenvalue weighted by atomic mass is 32.2.